The van der Waals surface area contributed by atoms with Gasteiger partial charge in [0, 0.05) is 31.7 Å². The molecular weight excluding hydrogens is 266 g/mol. The summed E-state index contributed by atoms with van der Waals surface area (Å²) < 4.78 is 5.67. The van der Waals surface area contributed by atoms with Crippen molar-refractivity contribution < 1.29 is 9.53 Å². The van der Waals surface area contributed by atoms with E-state index in [1.165, 1.54) is 0 Å². The van der Waals surface area contributed by atoms with Crippen LogP contribution < -0.4 is 15.8 Å². The van der Waals surface area contributed by atoms with Crippen LogP contribution in [0.25, 0.3) is 0 Å². The highest BCUT2D eigenvalue weighted by Gasteiger charge is 2.34. The fourth-order valence-corrected chi connectivity index (χ4v) is 2.70. The summed E-state index contributed by atoms with van der Waals surface area (Å²) in [6.07, 6.45) is 2.41. The maximum Gasteiger partial charge on any atom is 0.237 e. The molecule has 0 aromatic heterocycles. The molecule has 0 aliphatic carbocycles. The van der Waals surface area contributed by atoms with Crippen LogP contribution in [-0.4, -0.2) is 43.1 Å². The van der Waals surface area contributed by atoms with E-state index in [0.29, 0.717) is 26.1 Å². The van der Waals surface area contributed by atoms with E-state index < -0.39 is 0 Å². The van der Waals surface area contributed by atoms with Gasteiger partial charge in [0.25, 0.3) is 0 Å². The Labute approximate surface area is 125 Å². The van der Waals surface area contributed by atoms with Gasteiger partial charge >= 0.3 is 0 Å². The zero-order chi connectivity index (χ0) is 15.2. The van der Waals surface area contributed by atoms with Gasteiger partial charge in [0.2, 0.25) is 5.91 Å². The monoisotopic (exact) mass is 289 g/mol. The molecule has 0 saturated carbocycles. The van der Waals surface area contributed by atoms with Crippen LogP contribution >= 0.6 is 0 Å². The number of nitrogens with two attached hydrogens (primary N) is 1. The third kappa shape index (κ3) is 3.83. The lowest BCUT2D eigenvalue weighted by Crippen LogP contribution is -2.41. The first-order chi connectivity index (χ1) is 10.2. The minimum absolute atomic E-state index is 0.0208. The highest BCUT2D eigenvalue weighted by Crippen LogP contribution is 2.25. The van der Waals surface area contributed by atoms with Crippen molar-refractivity contribution in [2.24, 2.45) is 5.73 Å². The molecule has 1 aromatic carbocycles. The molecule has 1 aliphatic heterocycles. The number of amides is 1. The number of nitrogens with zero attached hydrogens (tertiary/aromatic N) is 1. The maximum absolute atomic E-state index is 12.0. The highest BCUT2D eigenvalue weighted by atomic mass is 16.5. The van der Waals surface area contributed by atoms with Crippen molar-refractivity contribution in [1.82, 2.24) is 10.2 Å². The van der Waals surface area contributed by atoms with Crippen molar-refractivity contribution in [2.45, 2.75) is 25.0 Å². The number of ether oxygens (including phenoxy) is 1. The number of carbonyl (C=O) groups is 1. The topological polar surface area (TPSA) is 67.6 Å². The average Bonchev–Trinajstić information content (AvgIpc) is 2.86. The second-order valence-corrected chi connectivity index (χ2v) is 5.26. The van der Waals surface area contributed by atoms with Crippen molar-refractivity contribution in [1.29, 1.82) is 0 Å². The van der Waals surface area contributed by atoms with E-state index in [9.17, 15) is 4.79 Å². The van der Waals surface area contributed by atoms with Crippen LogP contribution in [0.5, 0.6) is 5.75 Å². The Hall–Kier alpha value is -1.85. The number of para-hydroxylation sites is 1. The van der Waals surface area contributed by atoms with Gasteiger partial charge < -0.3 is 15.8 Å². The standard InChI is InChI=1S/C16H23N3O2/c1-3-8-21-15-7-5-4-6-12(15)10-19-11-13(17)9-14(19)16(20)18-2/h3-7,13-14H,1,8-11,17H2,2H3,(H,18,20)/t13-,14+/m1/s1. The molecule has 1 heterocycles. The van der Waals surface area contributed by atoms with Crippen molar-refractivity contribution in [3.8, 4) is 5.75 Å². The number of likely N-dealkylation sites (tertiary alicyclic amines) is 1. The van der Waals surface area contributed by atoms with E-state index in [0.717, 1.165) is 11.3 Å². The second kappa shape index (κ2) is 7.24. The Morgan fingerprint density at radius 3 is 3.05 bits per heavy atom. The Balaban J connectivity index is 2.12. The van der Waals surface area contributed by atoms with Crippen LogP contribution in [0.4, 0.5) is 0 Å². The van der Waals surface area contributed by atoms with Gasteiger partial charge in [0.05, 0.1) is 6.04 Å². The lowest BCUT2D eigenvalue weighted by molar-refractivity contribution is -0.125. The maximum atomic E-state index is 12.0. The highest BCUT2D eigenvalue weighted by molar-refractivity contribution is 5.81. The SMILES string of the molecule is C=CCOc1ccccc1CN1C[C@H](N)C[C@H]1C(=O)NC. The molecule has 0 bridgehead atoms. The van der Waals surface area contributed by atoms with Gasteiger partial charge in [0.15, 0.2) is 0 Å². The fourth-order valence-electron chi connectivity index (χ4n) is 2.70. The van der Waals surface area contributed by atoms with Crippen molar-refractivity contribution in [2.75, 3.05) is 20.2 Å². The number of hydrogen-bond donors (Lipinski definition) is 2. The fraction of sp³-hybridized carbons (Fsp3) is 0.438. The molecule has 0 unspecified atom stereocenters. The van der Waals surface area contributed by atoms with Crippen LogP contribution in [0, 0.1) is 0 Å². The van der Waals surface area contributed by atoms with E-state index in [1.54, 1.807) is 13.1 Å². The second-order valence-electron chi connectivity index (χ2n) is 5.26. The van der Waals surface area contributed by atoms with Crippen molar-refractivity contribution >= 4 is 5.91 Å². The summed E-state index contributed by atoms with van der Waals surface area (Å²) in [6.45, 7) is 5.50. The number of likely N-dealkylation sites (N-methyl/N-ethyl adjacent to an activating group) is 1. The van der Waals surface area contributed by atoms with E-state index in [4.69, 9.17) is 10.5 Å². The first-order valence-electron chi connectivity index (χ1n) is 7.18. The average molecular weight is 289 g/mol. The number of carbonyl (C=O) groups excluding carboxylic acids is 1. The Morgan fingerprint density at radius 2 is 2.33 bits per heavy atom. The molecule has 1 aromatic rings. The summed E-state index contributed by atoms with van der Waals surface area (Å²) in [5, 5.41) is 2.71. The summed E-state index contributed by atoms with van der Waals surface area (Å²) in [5.74, 6) is 0.848. The van der Waals surface area contributed by atoms with Crippen LogP contribution in [-0.2, 0) is 11.3 Å². The minimum atomic E-state index is -0.169. The van der Waals surface area contributed by atoms with Gasteiger partial charge in [-0.15, -0.1) is 0 Å². The molecule has 2 rings (SSSR count). The summed E-state index contributed by atoms with van der Waals surface area (Å²) in [7, 11) is 1.66. The number of benzene rings is 1. The largest absolute Gasteiger partial charge is 0.489 e. The van der Waals surface area contributed by atoms with Crippen LogP contribution in [0.2, 0.25) is 0 Å². The normalized spacial score (nSPS) is 22.0. The number of rotatable bonds is 6. The number of nitrogens with one attached hydrogen (secondary N) is 1. The molecule has 21 heavy (non-hydrogen) atoms. The summed E-state index contributed by atoms with van der Waals surface area (Å²) in [6, 6.07) is 7.73. The predicted molar refractivity (Wildman–Crippen MR) is 83.0 cm³/mol. The molecular formula is C16H23N3O2. The lowest BCUT2D eigenvalue weighted by atomic mass is 10.1. The van der Waals surface area contributed by atoms with Gasteiger partial charge in [-0.1, -0.05) is 30.9 Å². The minimum Gasteiger partial charge on any atom is -0.489 e. The summed E-state index contributed by atoms with van der Waals surface area (Å²) in [4.78, 5) is 14.1. The van der Waals surface area contributed by atoms with Crippen molar-refractivity contribution in [3.63, 3.8) is 0 Å². The molecule has 2 atom stereocenters. The Morgan fingerprint density at radius 1 is 1.57 bits per heavy atom. The van der Waals surface area contributed by atoms with Crippen LogP contribution in [0.3, 0.4) is 0 Å². The zero-order valence-electron chi connectivity index (χ0n) is 12.4. The quantitative estimate of drug-likeness (QED) is 0.764. The zero-order valence-corrected chi connectivity index (χ0v) is 12.4. The van der Waals surface area contributed by atoms with Gasteiger partial charge in [-0.25, -0.2) is 0 Å². The van der Waals surface area contributed by atoms with E-state index in [2.05, 4.69) is 16.8 Å². The first kappa shape index (κ1) is 15.5. The van der Waals surface area contributed by atoms with E-state index >= 15 is 0 Å². The van der Waals surface area contributed by atoms with Gasteiger partial charge in [-0.05, 0) is 12.5 Å². The van der Waals surface area contributed by atoms with E-state index in [1.807, 2.05) is 24.3 Å². The van der Waals surface area contributed by atoms with Crippen LogP contribution in [0.1, 0.15) is 12.0 Å². The predicted octanol–water partition coefficient (Wildman–Crippen LogP) is 0.899. The van der Waals surface area contributed by atoms with Gasteiger partial charge in [0.1, 0.15) is 12.4 Å². The molecule has 5 heteroatoms. The molecule has 1 saturated heterocycles. The molecule has 1 fully saturated rings. The lowest BCUT2D eigenvalue weighted by Gasteiger charge is -2.23. The van der Waals surface area contributed by atoms with Crippen molar-refractivity contribution in [3.05, 3.63) is 42.5 Å². The smallest absolute Gasteiger partial charge is 0.237 e. The molecule has 3 N–H and O–H groups in total. The summed E-state index contributed by atoms with van der Waals surface area (Å²) in [5.41, 5.74) is 7.07. The molecule has 1 aliphatic rings. The first-order valence-corrected chi connectivity index (χ1v) is 7.18. The third-order valence-corrected chi connectivity index (χ3v) is 3.69. The van der Waals surface area contributed by atoms with Gasteiger partial charge in [-0.3, -0.25) is 9.69 Å². The molecule has 0 radical (unpaired) electrons. The van der Waals surface area contributed by atoms with Crippen LogP contribution in [0.15, 0.2) is 36.9 Å². The molecule has 0 spiro atoms. The Kier molecular flexibility index (Phi) is 5.36. The number of hydrogen-bond acceptors (Lipinski definition) is 4. The molecule has 114 valence electrons. The third-order valence-electron chi connectivity index (χ3n) is 3.69. The van der Waals surface area contributed by atoms with E-state index in [-0.39, 0.29) is 18.0 Å². The molecule has 5 nitrogen and oxygen atoms in total. The van der Waals surface area contributed by atoms with Gasteiger partial charge in [-0.2, -0.15) is 0 Å². The summed E-state index contributed by atoms with van der Waals surface area (Å²) >= 11 is 0. The Bertz CT molecular complexity index is 504. The molecule has 1 amide bonds.